The van der Waals surface area contributed by atoms with E-state index < -0.39 is 0 Å². The largest absolute Gasteiger partial charge is 0.265 e. The SMILES string of the molecule is c1cncc(CSc2ccc3nnc(-c4ccncc4)n3n2)c1. The monoisotopic (exact) mass is 320 g/mol. The molecule has 0 spiro atoms. The van der Waals surface area contributed by atoms with E-state index in [9.17, 15) is 0 Å². The van der Waals surface area contributed by atoms with Crippen LogP contribution in [-0.2, 0) is 5.75 Å². The van der Waals surface area contributed by atoms with Gasteiger partial charge in [0.1, 0.15) is 5.03 Å². The van der Waals surface area contributed by atoms with E-state index in [0.29, 0.717) is 5.82 Å². The maximum atomic E-state index is 4.64. The van der Waals surface area contributed by atoms with Crippen LogP contribution in [0.15, 0.2) is 66.2 Å². The van der Waals surface area contributed by atoms with E-state index in [2.05, 4.69) is 31.3 Å². The molecule has 0 radical (unpaired) electrons. The van der Waals surface area contributed by atoms with Crippen molar-refractivity contribution in [3.8, 4) is 11.4 Å². The molecule has 0 amide bonds. The fourth-order valence-electron chi connectivity index (χ4n) is 2.17. The number of thioether (sulfide) groups is 1. The van der Waals surface area contributed by atoms with Gasteiger partial charge in [-0.25, -0.2) is 0 Å². The number of aromatic nitrogens is 6. The van der Waals surface area contributed by atoms with E-state index in [4.69, 9.17) is 0 Å². The minimum atomic E-state index is 0.714. The van der Waals surface area contributed by atoms with Gasteiger partial charge in [0.25, 0.3) is 0 Å². The van der Waals surface area contributed by atoms with E-state index in [-0.39, 0.29) is 0 Å². The highest BCUT2D eigenvalue weighted by Crippen LogP contribution is 2.22. The molecule has 0 saturated heterocycles. The molecule has 4 aromatic heterocycles. The molecule has 112 valence electrons. The lowest BCUT2D eigenvalue weighted by atomic mass is 10.2. The molecule has 4 heterocycles. The van der Waals surface area contributed by atoms with Crippen molar-refractivity contribution in [2.75, 3.05) is 0 Å². The van der Waals surface area contributed by atoms with Gasteiger partial charge < -0.3 is 0 Å². The Morgan fingerprint density at radius 1 is 0.913 bits per heavy atom. The van der Waals surface area contributed by atoms with Gasteiger partial charge >= 0.3 is 0 Å². The van der Waals surface area contributed by atoms with E-state index >= 15 is 0 Å². The standard InChI is InChI=1S/C16H12N6S/c1-2-12(10-18-7-1)11-23-15-4-3-14-19-20-16(22(14)21-15)13-5-8-17-9-6-13/h1-10H,11H2. The molecule has 23 heavy (non-hydrogen) atoms. The third-order valence-electron chi connectivity index (χ3n) is 3.29. The molecule has 0 saturated carbocycles. The minimum Gasteiger partial charge on any atom is -0.265 e. The zero-order valence-electron chi connectivity index (χ0n) is 12.1. The van der Waals surface area contributed by atoms with Crippen LogP contribution in [0.3, 0.4) is 0 Å². The van der Waals surface area contributed by atoms with Crippen molar-refractivity contribution in [3.05, 3.63) is 66.7 Å². The Labute approximate surface area is 136 Å². The molecule has 0 aliphatic heterocycles. The minimum absolute atomic E-state index is 0.714. The lowest BCUT2D eigenvalue weighted by Crippen LogP contribution is -1.96. The van der Waals surface area contributed by atoms with Gasteiger partial charge in [-0.1, -0.05) is 17.8 Å². The quantitative estimate of drug-likeness (QED) is 0.539. The van der Waals surface area contributed by atoms with Crippen LogP contribution in [0.5, 0.6) is 0 Å². The van der Waals surface area contributed by atoms with Crippen LogP contribution in [0.1, 0.15) is 5.56 Å². The Bertz CT molecular complexity index is 923. The molecule has 0 bridgehead atoms. The normalized spacial score (nSPS) is 11.0. The topological polar surface area (TPSA) is 68.9 Å². The molecule has 0 atom stereocenters. The first-order chi connectivity index (χ1) is 11.4. The first-order valence-corrected chi connectivity index (χ1v) is 8.03. The highest BCUT2D eigenvalue weighted by molar-refractivity contribution is 7.98. The maximum absolute atomic E-state index is 4.64. The Balaban J connectivity index is 1.65. The Morgan fingerprint density at radius 2 is 1.83 bits per heavy atom. The molecular weight excluding hydrogens is 308 g/mol. The molecule has 0 aliphatic carbocycles. The zero-order valence-corrected chi connectivity index (χ0v) is 12.9. The fourth-order valence-corrected chi connectivity index (χ4v) is 2.96. The average molecular weight is 320 g/mol. The van der Waals surface area contributed by atoms with Gasteiger partial charge in [-0.05, 0) is 35.9 Å². The fraction of sp³-hybridized carbons (Fsp3) is 0.0625. The second-order valence-corrected chi connectivity index (χ2v) is 5.85. The Kier molecular flexibility index (Phi) is 3.69. The molecule has 6 nitrogen and oxygen atoms in total. The van der Waals surface area contributed by atoms with Gasteiger partial charge in [-0.15, -0.1) is 10.2 Å². The highest BCUT2D eigenvalue weighted by Gasteiger charge is 2.10. The molecule has 0 N–H and O–H groups in total. The number of hydrogen-bond acceptors (Lipinski definition) is 6. The van der Waals surface area contributed by atoms with Gasteiger partial charge in [0.2, 0.25) is 0 Å². The third kappa shape index (κ3) is 2.91. The number of rotatable bonds is 4. The van der Waals surface area contributed by atoms with Crippen LogP contribution in [0.2, 0.25) is 0 Å². The van der Waals surface area contributed by atoms with Crippen molar-refractivity contribution in [3.63, 3.8) is 0 Å². The molecule has 4 rings (SSSR count). The van der Waals surface area contributed by atoms with Crippen molar-refractivity contribution in [1.29, 1.82) is 0 Å². The van der Waals surface area contributed by atoms with Crippen LogP contribution in [0.4, 0.5) is 0 Å². The summed E-state index contributed by atoms with van der Waals surface area (Å²) in [6.45, 7) is 0. The van der Waals surface area contributed by atoms with Crippen molar-refractivity contribution >= 4 is 17.4 Å². The van der Waals surface area contributed by atoms with E-state index in [0.717, 1.165) is 27.6 Å². The summed E-state index contributed by atoms with van der Waals surface area (Å²) in [5.41, 5.74) is 2.83. The number of fused-ring (bicyclic) bond motifs is 1. The molecule has 0 fully saturated rings. The average Bonchev–Trinajstić information content (AvgIpc) is 3.05. The van der Waals surface area contributed by atoms with Gasteiger partial charge in [0.05, 0.1) is 0 Å². The maximum Gasteiger partial charge on any atom is 0.185 e. The van der Waals surface area contributed by atoms with Gasteiger partial charge in [0, 0.05) is 36.1 Å². The number of hydrogen-bond donors (Lipinski definition) is 0. The second-order valence-electron chi connectivity index (χ2n) is 4.85. The smallest absolute Gasteiger partial charge is 0.185 e. The van der Waals surface area contributed by atoms with Crippen LogP contribution >= 0.6 is 11.8 Å². The molecule has 0 aliphatic rings. The summed E-state index contributed by atoms with van der Waals surface area (Å²) in [6.07, 6.45) is 7.11. The first kappa shape index (κ1) is 13.8. The summed E-state index contributed by atoms with van der Waals surface area (Å²) in [5.74, 6) is 1.53. The summed E-state index contributed by atoms with van der Waals surface area (Å²) < 4.78 is 1.76. The van der Waals surface area contributed by atoms with Crippen LogP contribution < -0.4 is 0 Å². The second kappa shape index (κ2) is 6.13. The van der Waals surface area contributed by atoms with Gasteiger partial charge in [-0.2, -0.15) is 9.61 Å². The Morgan fingerprint density at radius 3 is 2.65 bits per heavy atom. The summed E-state index contributed by atoms with van der Waals surface area (Å²) in [5, 5.41) is 13.9. The zero-order chi connectivity index (χ0) is 15.5. The number of pyridine rings is 2. The summed E-state index contributed by atoms with van der Waals surface area (Å²) in [4.78, 5) is 8.16. The Hall–Kier alpha value is -2.80. The number of nitrogens with zero attached hydrogens (tertiary/aromatic N) is 6. The molecule has 0 unspecified atom stereocenters. The molecular formula is C16H12N6S. The molecule has 4 aromatic rings. The first-order valence-electron chi connectivity index (χ1n) is 7.05. The van der Waals surface area contributed by atoms with E-state index in [1.807, 2.05) is 36.5 Å². The third-order valence-corrected chi connectivity index (χ3v) is 4.28. The van der Waals surface area contributed by atoms with Crippen molar-refractivity contribution in [2.24, 2.45) is 0 Å². The molecule has 0 aromatic carbocycles. The lowest BCUT2D eigenvalue weighted by molar-refractivity contribution is 0.860. The van der Waals surface area contributed by atoms with Gasteiger partial charge in [0.15, 0.2) is 11.5 Å². The van der Waals surface area contributed by atoms with E-state index in [1.165, 1.54) is 0 Å². The summed E-state index contributed by atoms with van der Waals surface area (Å²) in [7, 11) is 0. The van der Waals surface area contributed by atoms with Crippen LogP contribution in [-0.4, -0.2) is 29.8 Å². The predicted octanol–water partition coefficient (Wildman–Crippen LogP) is 2.87. The van der Waals surface area contributed by atoms with Crippen molar-refractivity contribution < 1.29 is 0 Å². The van der Waals surface area contributed by atoms with Crippen LogP contribution in [0, 0.1) is 0 Å². The van der Waals surface area contributed by atoms with Crippen LogP contribution in [0.25, 0.3) is 17.0 Å². The molecule has 7 heteroatoms. The predicted molar refractivity (Wildman–Crippen MR) is 87.8 cm³/mol. The summed E-state index contributed by atoms with van der Waals surface area (Å²) in [6, 6.07) is 11.7. The highest BCUT2D eigenvalue weighted by atomic mass is 32.2. The summed E-state index contributed by atoms with van der Waals surface area (Å²) >= 11 is 1.66. The van der Waals surface area contributed by atoms with Crippen molar-refractivity contribution in [2.45, 2.75) is 10.8 Å². The van der Waals surface area contributed by atoms with Gasteiger partial charge in [-0.3, -0.25) is 9.97 Å². The van der Waals surface area contributed by atoms with E-state index in [1.54, 1.807) is 34.9 Å². The van der Waals surface area contributed by atoms with Crippen molar-refractivity contribution in [1.82, 2.24) is 29.8 Å². The lowest BCUT2D eigenvalue weighted by Gasteiger charge is -2.03.